The molecular formula is C21H17Cl2N3O4S. The Morgan fingerprint density at radius 2 is 1.90 bits per heavy atom. The van der Waals surface area contributed by atoms with Crippen molar-refractivity contribution in [2.45, 2.75) is 18.4 Å². The van der Waals surface area contributed by atoms with E-state index in [-0.39, 0.29) is 10.7 Å². The third-order valence-electron chi connectivity index (χ3n) is 4.64. The zero-order valence-corrected chi connectivity index (χ0v) is 18.6. The number of carbonyl (C=O) groups is 1. The highest BCUT2D eigenvalue weighted by Gasteiger charge is 2.25. The molecule has 0 atom stereocenters. The van der Waals surface area contributed by atoms with Crippen LogP contribution in [0, 0.1) is 6.92 Å². The number of rotatable bonds is 6. The van der Waals surface area contributed by atoms with Gasteiger partial charge in [-0.1, -0.05) is 52.6 Å². The molecule has 4 aromatic rings. The molecule has 0 saturated carbocycles. The molecule has 0 aliphatic rings. The molecule has 0 fully saturated rings. The van der Waals surface area contributed by atoms with Crippen molar-refractivity contribution in [3.8, 4) is 0 Å². The number of carbonyl (C=O) groups excluding carboxylic acids is 1. The van der Waals surface area contributed by atoms with E-state index in [1.807, 2.05) is 18.2 Å². The number of sulfone groups is 1. The van der Waals surface area contributed by atoms with E-state index in [0.717, 1.165) is 11.1 Å². The number of fused-ring (bicyclic) bond motifs is 1. The minimum atomic E-state index is -3.92. The number of nitrogens with one attached hydrogen (secondary N) is 1. The molecule has 0 aliphatic carbocycles. The van der Waals surface area contributed by atoms with Crippen molar-refractivity contribution in [1.29, 1.82) is 0 Å². The Bertz CT molecular complexity index is 1390. The van der Waals surface area contributed by atoms with E-state index in [1.54, 1.807) is 35.8 Å². The summed E-state index contributed by atoms with van der Waals surface area (Å²) >= 11 is 12.1. The Balaban J connectivity index is 1.65. The number of nitrogens with zero attached hydrogens (tertiary/aromatic N) is 2. The average molecular weight is 478 g/mol. The van der Waals surface area contributed by atoms with Gasteiger partial charge in [-0.15, -0.1) is 0 Å². The highest BCUT2D eigenvalue weighted by atomic mass is 35.5. The lowest BCUT2D eigenvalue weighted by atomic mass is 10.2. The molecule has 1 amide bonds. The van der Waals surface area contributed by atoms with Crippen LogP contribution in [-0.4, -0.2) is 29.8 Å². The van der Waals surface area contributed by atoms with E-state index in [4.69, 9.17) is 27.7 Å². The van der Waals surface area contributed by atoms with Gasteiger partial charge in [-0.2, -0.15) is 0 Å². The first-order chi connectivity index (χ1) is 14.7. The van der Waals surface area contributed by atoms with Crippen LogP contribution in [0.15, 0.2) is 64.1 Å². The van der Waals surface area contributed by atoms with Gasteiger partial charge in [-0.3, -0.25) is 4.79 Å². The molecule has 2 aromatic carbocycles. The van der Waals surface area contributed by atoms with Gasteiger partial charge in [-0.25, -0.2) is 8.42 Å². The van der Waals surface area contributed by atoms with Crippen molar-refractivity contribution in [3.63, 3.8) is 0 Å². The van der Waals surface area contributed by atoms with Crippen LogP contribution in [0.3, 0.4) is 0 Å². The quantitative estimate of drug-likeness (QED) is 0.434. The van der Waals surface area contributed by atoms with Crippen molar-refractivity contribution in [2.75, 3.05) is 11.1 Å². The van der Waals surface area contributed by atoms with Crippen molar-refractivity contribution >= 4 is 55.7 Å². The fourth-order valence-electron chi connectivity index (χ4n) is 3.28. The monoisotopic (exact) mass is 477 g/mol. The number of amides is 1. The summed E-state index contributed by atoms with van der Waals surface area (Å²) < 4.78 is 32.8. The number of hydrogen-bond acceptors (Lipinski definition) is 5. The number of halogens is 2. The summed E-state index contributed by atoms with van der Waals surface area (Å²) in [5.41, 5.74) is 1.58. The molecule has 31 heavy (non-hydrogen) atoms. The van der Waals surface area contributed by atoms with E-state index in [0.29, 0.717) is 27.7 Å². The predicted octanol–water partition coefficient (Wildman–Crippen LogP) is 4.71. The zero-order valence-electron chi connectivity index (χ0n) is 16.3. The fraction of sp³-hybridized carbons (Fsp3) is 0.143. The maximum absolute atomic E-state index is 13.1. The van der Waals surface area contributed by atoms with Crippen molar-refractivity contribution in [3.05, 3.63) is 76.1 Å². The Morgan fingerprint density at radius 3 is 2.61 bits per heavy atom. The van der Waals surface area contributed by atoms with Gasteiger partial charge in [0.05, 0.1) is 14.9 Å². The summed E-state index contributed by atoms with van der Waals surface area (Å²) in [7, 11) is -3.92. The van der Waals surface area contributed by atoms with Gasteiger partial charge in [0.2, 0.25) is 5.91 Å². The molecule has 7 nitrogen and oxygen atoms in total. The molecular weight excluding hydrogens is 461 g/mol. The lowest BCUT2D eigenvalue weighted by molar-refractivity contribution is -0.113. The molecule has 0 aliphatic heterocycles. The van der Waals surface area contributed by atoms with Gasteiger partial charge < -0.3 is 14.4 Å². The summed E-state index contributed by atoms with van der Waals surface area (Å²) in [4.78, 5) is 12.4. The molecule has 0 radical (unpaired) electrons. The molecule has 1 N–H and O–H groups in total. The maximum Gasteiger partial charge on any atom is 0.241 e. The number of para-hydroxylation sites is 1. The van der Waals surface area contributed by atoms with Crippen molar-refractivity contribution in [2.24, 2.45) is 0 Å². The van der Waals surface area contributed by atoms with E-state index in [9.17, 15) is 13.2 Å². The van der Waals surface area contributed by atoms with Crippen LogP contribution in [0.5, 0.6) is 0 Å². The van der Waals surface area contributed by atoms with Crippen LogP contribution >= 0.6 is 23.2 Å². The van der Waals surface area contributed by atoms with Crippen LogP contribution in [-0.2, 0) is 21.2 Å². The average Bonchev–Trinajstić information content (AvgIpc) is 3.28. The van der Waals surface area contributed by atoms with Crippen LogP contribution in [0.1, 0.15) is 11.3 Å². The minimum Gasteiger partial charge on any atom is -0.360 e. The number of hydrogen-bond donors (Lipinski definition) is 1. The highest BCUT2D eigenvalue weighted by Crippen LogP contribution is 2.28. The number of anilines is 1. The molecule has 2 aromatic heterocycles. The first-order valence-electron chi connectivity index (χ1n) is 9.21. The smallest absolute Gasteiger partial charge is 0.241 e. The van der Waals surface area contributed by atoms with Crippen molar-refractivity contribution in [1.82, 2.24) is 9.72 Å². The Kier molecular flexibility index (Phi) is 5.79. The van der Waals surface area contributed by atoms with Gasteiger partial charge in [0.25, 0.3) is 0 Å². The standard InChI is InChI=1S/C21H17Cl2N3O4S/c1-13-8-20(25-30-13)24-21(27)12-31(28,29)19-11-26(18-5-3-2-4-15(18)19)10-14-6-7-16(22)17(23)9-14/h2-9,11H,10,12H2,1H3,(H,24,25,27). The van der Waals surface area contributed by atoms with Crippen LogP contribution in [0.4, 0.5) is 5.82 Å². The summed E-state index contributed by atoms with van der Waals surface area (Å²) in [6.07, 6.45) is 1.54. The Labute approximate surface area is 188 Å². The largest absolute Gasteiger partial charge is 0.360 e. The number of aryl methyl sites for hydroxylation is 1. The van der Waals surface area contributed by atoms with E-state index < -0.39 is 21.5 Å². The van der Waals surface area contributed by atoms with Crippen LogP contribution < -0.4 is 5.32 Å². The molecule has 0 spiro atoms. The second kappa shape index (κ2) is 8.37. The molecule has 0 bridgehead atoms. The summed E-state index contributed by atoms with van der Waals surface area (Å²) in [5, 5.41) is 7.48. The van der Waals surface area contributed by atoms with Crippen molar-refractivity contribution < 1.29 is 17.7 Å². The van der Waals surface area contributed by atoms with Crippen LogP contribution in [0.25, 0.3) is 10.9 Å². The fourth-order valence-corrected chi connectivity index (χ4v) is 4.97. The van der Waals surface area contributed by atoms with Crippen LogP contribution in [0.2, 0.25) is 10.0 Å². The van der Waals surface area contributed by atoms with Gasteiger partial charge in [0.1, 0.15) is 11.5 Å². The molecule has 0 saturated heterocycles. The maximum atomic E-state index is 13.1. The molecule has 10 heteroatoms. The third kappa shape index (κ3) is 4.61. The molecule has 0 unspecified atom stereocenters. The lowest BCUT2D eigenvalue weighted by Crippen LogP contribution is -2.23. The first-order valence-corrected chi connectivity index (χ1v) is 11.6. The second-order valence-corrected chi connectivity index (χ2v) is 9.79. The topological polar surface area (TPSA) is 94.2 Å². The minimum absolute atomic E-state index is 0.0784. The Morgan fingerprint density at radius 1 is 1.13 bits per heavy atom. The first kappa shape index (κ1) is 21.4. The highest BCUT2D eigenvalue weighted by molar-refractivity contribution is 7.92. The van der Waals surface area contributed by atoms with Gasteiger partial charge in [0, 0.05) is 29.7 Å². The zero-order chi connectivity index (χ0) is 22.2. The molecule has 2 heterocycles. The summed E-state index contributed by atoms with van der Waals surface area (Å²) in [6, 6.07) is 13.9. The van der Waals surface area contributed by atoms with E-state index >= 15 is 0 Å². The summed E-state index contributed by atoms with van der Waals surface area (Å²) in [6.45, 7) is 2.06. The SMILES string of the molecule is Cc1cc(NC(=O)CS(=O)(=O)c2cn(Cc3ccc(Cl)c(Cl)c3)c3ccccc23)no1. The van der Waals surface area contributed by atoms with E-state index in [2.05, 4.69) is 10.5 Å². The van der Waals surface area contributed by atoms with Gasteiger partial charge in [-0.05, 0) is 30.7 Å². The predicted molar refractivity (Wildman–Crippen MR) is 119 cm³/mol. The van der Waals surface area contributed by atoms with E-state index in [1.165, 1.54) is 12.3 Å². The number of benzene rings is 2. The molecule has 160 valence electrons. The molecule has 4 rings (SSSR count). The normalized spacial score (nSPS) is 11.7. The van der Waals surface area contributed by atoms with Gasteiger partial charge >= 0.3 is 0 Å². The Hall–Kier alpha value is -2.81. The lowest BCUT2D eigenvalue weighted by Gasteiger charge is -2.06. The third-order valence-corrected chi connectivity index (χ3v) is 7.02. The summed E-state index contributed by atoms with van der Waals surface area (Å²) in [5.74, 6) is -0.752. The van der Waals surface area contributed by atoms with Gasteiger partial charge in [0.15, 0.2) is 15.7 Å². The number of aromatic nitrogens is 2. The second-order valence-electron chi connectivity index (χ2n) is 7.02.